The van der Waals surface area contributed by atoms with Crippen LogP contribution in [0.4, 0.5) is 0 Å². The Labute approximate surface area is 561 Å². The number of nitrogens with one attached hydrogen (secondary N) is 4. The van der Waals surface area contributed by atoms with Crippen LogP contribution < -0.4 is 21.3 Å². The number of hydrogen-bond acceptors (Lipinski definition) is 9. The zero-order chi connectivity index (χ0) is 61.1. The van der Waals surface area contributed by atoms with Crippen molar-refractivity contribution in [3.8, 4) is 43.5 Å². The molecule has 9 heteroatoms. The highest BCUT2D eigenvalue weighted by Gasteiger charge is 2.54. The van der Waals surface area contributed by atoms with Gasteiger partial charge in [0.05, 0.1) is 16.8 Å². The summed E-state index contributed by atoms with van der Waals surface area (Å²) in [5, 5.41) is 24.6. The standard InChI is InChI=1S/C21H25NO.2C21H25NS.C20H24N2S/c1-2-20(23-7-1)19-5-3-15(4-6-19)14-22-21-11-16-8-17(12-21)10-18(9-16)13-21;1-3-19(20-5-6-23-14-20)4-2-15(1)13-22-21-10-16-7-17(11-21)9-18(8-16)12-21;1-2-20(23-7-1)19-5-3-15(4-6-19)14-22-21-11-16-8-17(12-21)10-18(9-16)13-21;1-2-19(23-5-1)18-4-3-14(12-21-18)13-22-20-9-15-6-16(10-20)8-17(7-15)11-20/h1-7,16-18,22H,8-14H2;1-6,14,16-18,22H,7-13H2;1-7,16-18,22H,8-14H2;1-5,12,15-17,22H,6-11,13H2. The summed E-state index contributed by atoms with van der Waals surface area (Å²) in [7, 11) is 0. The number of rotatable bonds is 16. The third-order valence-electron chi connectivity index (χ3n) is 25.7. The van der Waals surface area contributed by atoms with Crippen molar-refractivity contribution in [1.29, 1.82) is 0 Å². The largest absolute Gasteiger partial charge is 0.464 e. The van der Waals surface area contributed by atoms with Crippen LogP contribution in [0.2, 0.25) is 0 Å². The Hall–Kier alpha value is -4.97. The zero-order valence-electron chi connectivity index (χ0n) is 54.4. The molecule has 480 valence electrons. The van der Waals surface area contributed by atoms with Crippen molar-refractivity contribution in [3.05, 3.63) is 184 Å². The molecule has 0 amide bonds. The second-order valence-corrected chi connectivity index (χ2v) is 35.5. The van der Waals surface area contributed by atoms with Crippen molar-refractivity contribution < 1.29 is 4.42 Å². The lowest BCUT2D eigenvalue weighted by molar-refractivity contribution is -0.0207. The molecule has 24 rings (SSSR count). The summed E-state index contributed by atoms with van der Waals surface area (Å²) in [5.74, 6) is 13.1. The number of thiophene rings is 3. The molecule has 0 spiro atoms. The fourth-order valence-corrected chi connectivity index (χ4v) is 25.4. The van der Waals surface area contributed by atoms with E-state index in [1.807, 2.05) is 23.5 Å². The molecule has 16 fully saturated rings. The van der Waals surface area contributed by atoms with Gasteiger partial charge in [-0.1, -0.05) is 91.0 Å². The van der Waals surface area contributed by atoms with Crippen molar-refractivity contribution >= 4 is 34.0 Å². The molecule has 0 atom stereocenters. The van der Waals surface area contributed by atoms with Gasteiger partial charge in [0.15, 0.2) is 0 Å². The molecular weight excluding hydrogens is 1180 g/mol. The van der Waals surface area contributed by atoms with E-state index in [4.69, 9.17) is 4.42 Å². The minimum absolute atomic E-state index is 0.446. The lowest BCUT2D eigenvalue weighted by atomic mass is 9.53. The molecule has 8 aromatic rings. The highest BCUT2D eigenvalue weighted by molar-refractivity contribution is 7.13. The van der Waals surface area contributed by atoms with Gasteiger partial charge < -0.3 is 25.7 Å². The van der Waals surface area contributed by atoms with Gasteiger partial charge in [0.1, 0.15) is 5.76 Å². The third kappa shape index (κ3) is 13.5. The van der Waals surface area contributed by atoms with Crippen molar-refractivity contribution in [1.82, 2.24) is 26.3 Å². The number of pyridine rings is 1. The van der Waals surface area contributed by atoms with Crippen LogP contribution in [0.15, 0.2) is 166 Å². The summed E-state index contributed by atoms with van der Waals surface area (Å²) in [6.45, 7) is 4.06. The molecule has 0 aliphatic heterocycles. The first-order valence-electron chi connectivity index (χ1n) is 36.5. The second kappa shape index (κ2) is 25.9. The number of furan rings is 1. The van der Waals surface area contributed by atoms with Crippen LogP contribution in [0, 0.1) is 71.0 Å². The zero-order valence-corrected chi connectivity index (χ0v) is 56.8. The predicted octanol–water partition coefficient (Wildman–Crippen LogP) is 20.8. The SMILES string of the molecule is c1cc(-c2ccc(CNC34CC5CC(CC(C5)C3)C4)cc2)cs1.c1coc(-c2ccc(CNC34CC5CC(CC(C5)C3)C4)cc2)c1.c1csc(-c2ccc(CNC34CC5CC(CC(C5)C3)C4)cc2)c1.c1csc(-c2ccc(CNC34CC5CC(CC(C5)C3)C4)cn2)c1. The summed E-state index contributed by atoms with van der Waals surface area (Å²) in [4.78, 5) is 7.28. The van der Waals surface area contributed by atoms with E-state index in [-0.39, 0.29) is 0 Å². The van der Waals surface area contributed by atoms with E-state index in [1.54, 1.807) is 28.9 Å². The fourth-order valence-electron chi connectivity index (χ4n) is 23.3. The van der Waals surface area contributed by atoms with Crippen molar-refractivity contribution in [2.24, 2.45) is 71.0 Å². The minimum atomic E-state index is 0.446. The molecule has 92 heavy (non-hydrogen) atoms. The van der Waals surface area contributed by atoms with Crippen molar-refractivity contribution in [3.63, 3.8) is 0 Å². The van der Waals surface area contributed by atoms with Gasteiger partial charge in [-0.2, -0.15) is 11.3 Å². The molecule has 5 heterocycles. The number of nitrogens with zero attached hydrogens (tertiary/aromatic N) is 1. The Morgan fingerprint density at radius 1 is 0.337 bits per heavy atom. The van der Waals surface area contributed by atoms with E-state index in [0.717, 1.165) is 114 Å². The van der Waals surface area contributed by atoms with Gasteiger partial charge in [0, 0.05) is 65.0 Å². The van der Waals surface area contributed by atoms with Gasteiger partial charge in [0.25, 0.3) is 0 Å². The van der Waals surface area contributed by atoms with E-state index in [0.29, 0.717) is 22.2 Å². The second-order valence-electron chi connectivity index (χ2n) is 32.8. The topological polar surface area (TPSA) is 74.2 Å². The van der Waals surface area contributed by atoms with Crippen LogP contribution in [0.25, 0.3) is 43.5 Å². The fraction of sp³-hybridized carbons (Fsp3) is 0.530. The summed E-state index contributed by atoms with van der Waals surface area (Å²) in [6, 6.07) is 46.3. The number of benzene rings is 3. The Bertz CT molecular complexity index is 3030. The van der Waals surface area contributed by atoms with Crippen LogP contribution >= 0.6 is 34.0 Å². The molecule has 0 unspecified atom stereocenters. The van der Waals surface area contributed by atoms with Crippen molar-refractivity contribution in [2.75, 3.05) is 0 Å². The van der Waals surface area contributed by atoms with Gasteiger partial charge in [-0.15, -0.1) is 22.7 Å². The smallest absolute Gasteiger partial charge is 0.133 e. The average molecular weight is 1280 g/mol. The maximum Gasteiger partial charge on any atom is 0.133 e. The van der Waals surface area contributed by atoms with Crippen LogP contribution in [-0.4, -0.2) is 27.1 Å². The maximum atomic E-state index is 5.47. The van der Waals surface area contributed by atoms with Gasteiger partial charge in [-0.3, -0.25) is 4.98 Å². The summed E-state index contributed by atoms with van der Waals surface area (Å²) < 4.78 is 5.47. The molecule has 16 saturated carbocycles. The van der Waals surface area contributed by atoms with Crippen molar-refractivity contribution in [2.45, 2.75) is 202 Å². The van der Waals surface area contributed by atoms with E-state index in [1.165, 1.54) is 203 Å². The Morgan fingerprint density at radius 2 is 0.696 bits per heavy atom. The summed E-state index contributed by atoms with van der Waals surface area (Å²) in [5.41, 5.74) is 13.7. The quantitative estimate of drug-likeness (QED) is 0.0773. The molecule has 5 aromatic heterocycles. The first-order chi connectivity index (χ1) is 45.1. The highest BCUT2D eigenvalue weighted by Crippen LogP contribution is 2.59. The molecule has 0 saturated heterocycles. The van der Waals surface area contributed by atoms with Gasteiger partial charge in [-0.25, -0.2) is 0 Å². The lowest BCUT2D eigenvalue weighted by Crippen LogP contribution is -2.58. The monoisotopic (exact) mass is 1280 g/mol. The molecule has 16 bridgehead atoms. The molecule has 16 aliphatic carbocycles. The third-order valence-corrected chi connectivity index (χ3v) is 28.2. The van der Waals surface area contributed by atoms with Gasteiger partial charge in [-0.05, 0) is 322 Å². The van der Waals surface area contributed by atoms with E-state index in [9.17, 15) is 0 Å². The molecule has 3 aromatic carbocycles. The number of aromatic nitrogens is 1. The van der Waals surface area contributed by atoms with Gasteiger partial charge in [0.2, 0.25) is 0 Å². The Morgan fingerprint density at radius 3 is 1.02 bits per heavy atom. The van der Waals surface area contributed by atoms with Crippen LogP contribution in [0.5, 0.6) is 0 Å². The average Bonchev–Trinajstić information content (AvgIpc) is 0.795. The molecule has 4 N–H and O–H groups in total. The predicted molar refractivity (Wildman–Crippen MR) is 382 cm³/mol. The van der Waals surface area contributed by atoms with Crippen LogP contribution in [0.3, 0.4) is 0 Å². The van der Waals surface area contributed by atoms with Gasteiger partial charge >= 0.3 is 0 Å². The summed E-state index contributed by atoms with van der Waals surface area (Å²) in [6.07, 6.45) is 39.1. The first-order valence-corrected chi connectivity index (χ1v) is 39.2. The minimum Gasteiger partial charge on any atom is -0.464 e. The Balaban J connectivity index is 0.0000000939. The lowest BCUT2D eigenvalue weighted by Gasteiger charge is -2.57. The maximum absolute atomic E-state index is 5.47. The highest BCUT2D eigenvalue weighted by atomic mass is 32.1. The molecular formula is C83H99N5OS3. The normalized spacial score (nSPS) is 34.9. The van der Waals surface area contributed by atoms with E-state index < -0.39 is 0 Å². The first kappa shape index (κ1) is 60.7. The molecule has 0 radical (unpaired) electrons. The van der Waals surface area contributed by atoms with E-state index >= 15 is 0 Å². The van der Waals surface area contributed by atoms with Crippen LogP contribution in [0.1, 0.15) is 176 Å². The molecule has 16 aliphatic rings. The number of hydrogen-bond donors (Lipinski definition) is 4. The van der Waals surface area contributed by atoms with Crippen LogP contribution in [-0.2, 0) is 26.2 Å². The summed E-state index contributed by atoms with van der Waals surface area (Å²) >= 11 is 5.34. The molecule has 6 nitrogen and oxygen atoms in total. The van der Waals surface area contributed by atoms with E-state index in [2.05, 4.69) is 169 Å². The Kier molecular flexibility index (Phi) is 17.1.